The molecule has 0 amide bonds. The monoisotopic (exact) mass is 350 g/mol. The summed E-state index contributed by atoms with van der Waals surface area (Å²) in [6.07, 6.45) is 10.2. The Kier molecular flexibility index (Phi) is 3.65. The summed E-state index contributed by atoms with van der Waals surface area (Å²) in [5.41, 5.74) is -1.62. The van der Waals surface area contributed by atoms with Crippen LogP contribution in [-0.2, 0) is 4.79 Å². The molecule has 4 aliphatic rings. The van der Waals surface area contributed by atoms with E-state index in [1.54, 1.807) is 12.2 Å². The van der Waals surface area contributed by atoms with Gasteiger partial charge < -0.3 is 5.11 Å². The summed E-state index contributed by atoms with van der Waals surface area (Å²) in [4.78, 5) is 11.8. The second kappa shape index (κ2) is 5.20. The van der Waals surface area contributed by atoms with Crippen molar-refractivity contribution in [3.8, 4) is 0 Å². The molecule has 0 aliphatic heterocycles. The van der Waals surface area contributed by atoms with E-state index in [-0.39, 0.29) is 17.1 Å². The Morgan fingerprint density at radius 1 is 1.25 bits per heavy atom. The highest BCUT2D eigenvalue weighted by molar-refractivity contribution is 7.99. The van der Waals surface area contributed by atoms with E-state index in [4.69, 9.17) is 0 Å². The summed E-state index contributed by atoms with van der Waals surface area (Å²) >= 11 is 1.88. The van der Waals surface area contributed by atoms with Gasteiger partial charge in [-0.05, 0) is 68.8 Å². The molecular formula is C20H27FO2S. The molecule has 24 heavy (non-hydrogen) atoms. The van der Waals surface area contributed by atoms with Crippen LogP contribution in [0, 0.1) is 22.7 Å². The molecule has 4 aliphatic carbocycles. The number of carbonyl (C=O) groups is 1. The fourth-order valence-corrected chi connectivity index (χ4v) is 7.73. The van der Waals surface area contributed by atoms with Crippen molar-refractivity contribution >= 4 is 17.5 Å². The number of alkyl halides is 1. The first-order chi connectivity index (χ1) is 11.3. The Morgan fingerprint density at radius 3 is 2.71 bits per heavy atom. The molecule has 7 atom stereocenters. The number of thioether (sulfide) groups is 1. The van der Waals surface area contributed by atoms with E-state index in [1.807, 2.05) is 18.7 Å². The standard InChI is InChI=1S/C20H27FO2S/c1-18-11-16(23)20(21)15(14(18)6-7-17(18)24-3)5-4-12-10-13(22)8-9-19(12,20)2/h8-10,14-17,23H,4-7,11H2,1-3H3/t14-,15-,16-,17-,18-,19-,20-/m0/s1. The number of rotatable bonds is 1. The normalized spacial score (nSPS) is 53.2. The number of aliphatic hydroxyl groups is 1. The van der Waals surface area contributed by atoms with Gasteiger partial charge in [0.2, 0.25) is 0 Å². The number of halogens is 1. The molecule has 0 aromatic carbocycles. The molecule has 4 rings (SSSR count). The molecule has 0 aromatic rings. The zero-order valence-corrected chi connectivity index (χ0v) is 15.5. The van der Waals surface area contributed by atoms with Crippen molar-refractivity contribution < 1.29 is 14.3 Å². The van der Waals surface area contributed by atoms with Gasteiger partial charge in [0.1, 0.15) is 0 Å². The molecule has 0 bridgehead atoms. The number of allylic oxidation sites excluding steroid dienone is 4. The third kappa shape index (κ3) is 1.85. The van der Waals surface area contributed by atoms with Crippen molar-refractivity contribution in [2.75, 3.05) is 6.26 Å². The Bertz CT molecular complexity index is 644. The predicted octanol–water partition coefficient (Wildman–Crippen LogP) is 4.09. The highest BCUT2D eigenvalue weighted by atomic mass is 32.2. The molecule has 0 aromatic heterocycles. The molecule has 3 saturated carbocycles. The van der Waals surface area contributed by atoms with E-state index < -0.39 is 17.2 Å². The second-order valence-corrected chi connectivity index (χ2v) is 9.70. The van der Waals surface area contributed by atoms with Gasteiger partial charge in [0.15, 0.2) is 11.5 Å². The second-order valence-electron chi connectivity index (χ2n) is 8.65. The zero-order chi connectivity index (χ0) is 17.3. The number of carbonyl (C=O) groups excluding carboxylic acids is 1. The average Bonchev–Trinajstić information content (AvgIpc) is 2.86. The van der Waals surface area contributed by atoms with E-state index >= 15 is 4.39 Å². The highest BCUT2D eigenvalue weighted by Gasteiger charge is 2.70. The first kappa shape index (κ1) is 16.8. The van der Waals surface area contributed by atoms with Gasteiger partial charge in [-0.1, -0.05) is 18.6 Å². The van der Waals surface area contributed by atoms with Crippen LogP contribution in [-0.4, -0.2) is 34.2 Å². The summed E-state index contributed by atoms with van der Waals surface area (Å²) in [6, 6.07) is 0. The van der Waals surface area contributed by atoms with E-state index in [0.717, 1.165) is 31.3 Å². The quantitative estimate of drug-likeness (QED) is 0.774. The van der Waals surface area contributed by atoms with Crippen molar-refractivity contribution in [1.82, 2.24) is 0 Å². The molecule has 132 valence electrons. The van der Waals surface area contributed by atoms with Gasteiger partial charge in [-0.25, -0.2) is 4.39 Å². The lowest BCUT2D eigenvalue weighted by atomic mass is 9.46. The molecule has 0 saturated heterocycles. The molecule has 0 heterocycles. The summed E-state index contributed by atoms with van der Waals surface area (Å²) in [6.45, 7) is 4.16. The number of aliphatic hydroxyl groups excluding tert-OH is 1. The van der Waals surface area contributed by atoms with E-state index in [1.165, 1.54) is 6.08 Å². The van der Waals surface area contributed by atoms with Gasteiger partial charge in [0.05, 0.1) is 6.10 Å². The van der Waals surface area contributed by atoms with Crippen LogP contribution in [0.5, 0.6) is 0 Å². The minimum Gasteiger partial charge on any atom is -0.390 e. The fourth-order valence-electron chi connectivity index (χ4n) is 6.55. The van der Waals surface area contributed by atoms with Crippen LogP contribution >= 0.6 is 11.8 Å². The first-order valence-corrected chi connectivity index (χ1v) is 10.4. The summed E-state index contributed by atoms with van der Waals surface area (Å²) in [5, 5.41) is 11.5. The largest absolute Gasteiger partial charge is 0.390 e. The number of fused-ring (bicyclic) bond motifs is 5. The van der Waals surface area contributed by atoms with Gasteiger partial charge in [-0.3, -0.25) is 4.79 Å². The topological polar surface area (TPSA) is 37.3 Å². The summed E-state index contributed by atoms with van der Waals surface area (Å²) in [5.74, 6) is 0.152. The maximum Gasteiger partial charge on any atom is 0.178 e. The molecular weight excluding hydrogens is 323 g/mol. The minimum absolute atomic E-state index is 0.0187. The molecule has 3 fully saturated rings. The van der Waals surface area contributed by atoms with E-state index in [0.29, 0.717) is 17.6 Å². The van der Waals surface area contributed by atoms with Crippen molar-refractivity contribution in [2.45, 2.75) is 63.0 Å². The lowest BCUT2D eigenvalue weighted by Crippen LogP contribution is -2.66. The number of hydrogen-bond acceptors (Lipinski definition) is 3. The smallest absolute Gasteiger partial charge is 0.178 e. The third-order valence-electron chi connectivity index (χ3n) is 7.84. The van der Waals surface area contributed by atoms with Crippen molar-refractivity contribution in [3.63, 3.8) is 0 Å². The van der Waals surface area contributed by atoms with Gasteiger partial charge in [0.25, 0.3) is 0 Å². The lowest BCUT2D eigenvalue weighted by Gasteiger charge is -2.62. The van der Waals surface area contributed by atoms with Gasteiger partial charge in [-0.15, -0.1) is 0 Å². The third-order valence-corrected chi connectivity index (χ3v) is 9.18. The molecule has 4 heteroatoms. The Labute approximate surface area is 148 Å². The molecule has 1 N–H and O–H groups in total. The Morgan fingerprint density at radius 2 is 2.00 bits per heavy atom. The Hall–Kier alpha value is -0.610. The first-order valence-electron chi connectivity index (χ1n) is 9.11. The van der Waals surface area contributed by atoms with Crippen LogP contribution in [0.1, 0.15) is 46.0 Å². The van der Waals surface area contributed by atoms with Crippen molar-refractivity contribution in [2.24, 2.45) is 22.7 Å². The van der Waals surface area contributed by atoms with Crippen molar-refractivity contribution in [1.29, 1.82) is 0 Å². The number of ketones is 1. The highest BCUT2D eigenvalue weighted by Crippen LogP contribution is 2.68. The van der Waals surface area contributed by atoms with Crippen LogP contribution in [0.25, 0.3) is 0 Å². The van der Waals surface area contributed by atoms with Crippen molar-refractivity contribution in [3.05, 3.63) is 23.8 Å². The summed E-state index contributed by atoms with van der Waals surface area (Å²) in [7, 11) is 0. The van der Waals surface area contributed by atoms with E-state index in [9.17, 15) is 9.90 Å². The molecule has 0 radical (unpaired) electrons. The van der Waals surface area contributed by atoms with Gasteiger partial charge in [-0.2, -0.15) is 11.8 Å². The molecule has 2 nitrogen and oxygen atoms in total. The van der Waals surface area contributed by atoms with Crippen LogP contribution < -0.4 is 0 Å². The average molecular weight is 350 g/mol. The fraction of sp³-hybridized carbons (Fsp3) is 0.750. The Balaban J connectivity index is 1.80. The minimum atomic E-state index is -1.66. The zero-order valence-electron chi connectivity index (χ0n) is 14.7. The van der Waals surface area contributed by atoms with Gasteiger partial charge in [0, 0.05) is 16.6 Å². The van der Waals surface area contributed by atoms with Crippen LogP contribution in [0.2, 0.25) is 0 Å². The predicted molar refractivity (Wildman–Crippen MR) is 95.7 cm³/mol. The maximum atomic E-state index is 16.6. The lowest BCUT2D eigenvalue weighted by molar-refractivity contribution is -0.188. The number of hydrogen-bond donors (Lipinski definition) is 1. The maximum absolute atomic E-state index is 16.6. The molecule has 0 spiro atoms. The van der Waals surface area contributed by atoms with Crippen LogP contribution in [0.4, 0.5) is 4.39 Å². The summed E-state index contributed by atoms with van der Waals surface area (Å²) < 4.78 is 16.6. The van der Waals surface area contributed by atoms with E-state index in [2.05, 4.69) is 13.2 Å². The SMILES string of the molecule is CS[C@H]1CC[C@H]2[C@@H]3CCC4=CC(=O)C=C[C@]4(C)[C@@]3(F)[C@@H](O)C[C@]12C. The van der Waals surface area contributed by atoms with Crippen LogP contribution in [0.3, 0.4) is 0 Å². The molecule has 0 unspecified atom stereocenters. The van der Waals surface area contributed by atoms with Crippen LogP contribution in [0.15, 0.2) is 23.8 Å². The van der Waals surface area contributed by atoms with Gasteiger partial charge >= 0.3 is 0 Å².